The molecule has 0 unspecified atom stereocenters. The summed E-state index contributed by atoms with van der Waals surface area (Å²) in [7, 11) is 0. The van der Waals surface area contributed by atoms with Gasteiger partial charge >= 0.3 is 0 Å². The Balaban J connectivity index is 0.713. The van der Waals surface area contributed by atoms with Gasteiger partial charge in [-0.25, -0.2) is 0 Å². The van der Waals surface area contributed by atoms with Crippen molar-refractivity contribution < 1.29 is 0 Å². The topological polar surface area (TPSA) is 9.86 Å². The minimum absolute atomic E-state index is 1.16. The van der Waals surface area contributed by atoms with Gasteiger partial charge in [0.2, 0.25) is 0 Å². The van der Waals surface area contributed by atoms with Gasteiger partial charge in [0, 0.05) is 32.9 Å². The SMILES string of the molecule is c1ccc(-c2ccc(-n3c4ccccc4c4cc(-c5ccc(-c6ccc(-c7ccc(-c8ccc(-c9ccc%10c(c9)c9ccccc9n%10-c9ccccc9)cc8)cc7)cc6)cc5)ccc43)cc2)cc1. The fraction of sp³-hybridized carbons (Fsp3) is 0. The molecule has 11 aromatic carbocycles. The van der Waals surface area contributed by atoms with Crippen LogP contribution in [-0.2, 0) is 0 Å². The number of hydrogen-bond acceptors (Lipinski definition) is 0. The Kier molecular flexibility index (Phi) is 9.54. The zero-order valence-corrected chi connectivity index (χ0v) is 37.3. The highest BCUT2D eigenvalue weighted by molar-refractivity contribution is 6.11. The molecule has 2 heterocycles. The van der Waals surface area contributed by atoms with Gasteiger partial charge in [0.05, 0.1) is 22.1 Å². The Hall–Kier alpha value is -8.98. The van der Waals surface area contributed by atoms with Crippen LogP contribution in [0.25, 0.3) is 122 Å². The van der Waals surface area contributed by atoms with Crippen molar-refractivity contribution >= 4 is 43.6 Å². The predicted octanol–water partition coefficient (Wildman–Crippen LogP) is 17.9. The van der Waals surface area contributed by atoms with Crippen molar-refractivity contribution in [2.24, 2.45) is 0 Å². The standard InChI is InChI=1S/C66H44N2/c1-3-11-45(12-4-1)52-35-39-58(40-36-52)68-64-18-10-8-16-60(64)62-44-56(38-42-66(62)68)54-33-29-51(30-34-54)49-25-21-47(22-26-49)46-19-23-48(24-20-46)50-27-31-53(32-28-50)55-37-41-65-61(43-55)59-15-7-9-17-63(59)67(65)57-13-5-2-6-14-57/h1-44H. The molecule has 0 aliphatic carbocycles. The number of fused-ring (bicyclic) bond motifs is 6. The van der Waals surface area contributed by atoms with Crippen molar-refractivity contribution in [3.63, 3.8) is 0 Å². The number of nitrogens with zero attached hydrogens (tertiary/aromatic N) is 2. The molecule has 0 radical (unpaired) electrons. The van der Waals surface area contributed by atoms with Gasteiger partial charge in [-0.05, 0) is 127 Å². The molecule has 0 saturated carbocycles. The van der Waals surface area contributed by atoms with E-state index in [0.717, 1.165) is 5.69 Å². The molecule has 68 heavy (non-hydrogen) atoms. The molecule has 2 heteroatoms. The maximum Gasteiger partial charge on any atom is 0.0541 e. The van der Waals surface area contributed by atoms with Crippen molar-refractivity contribution in [3.05, 3.63) is 267 Å². The molecule has 0 fully saturated rings. The Morgan fingerprint density at radius 3 is 0.794 bits per heavy atom. The third kappa shape index (κ3) is 6.90. The van der Waals surface area contributed by atoms with E-state index in [2.05, 4.69) is 276 Å². The van der Waals surface area contributed by atoms with Crippen molar-refractivity contribution in [3.8, 4) is 78.1 Å². The Morgan fingerprint density at radius 2 is 0.412 bits per heavy atom. The van der Waals surface area contributed by atoms with Gasteiger partial charge < -0.3 is 9.13 Å². The van der Waals surface area contributed by atoms with Crippen molar-refractivity contribution in [2.45, 2.75) is 0 Å². The summed E-state index contributed by atoms with van der Waals surface area (Å²) in [6, 6.07) is 97.2. The molecular weight excluding hydrogens is 821 g/mol. The molecule has 0 amide bonds. The van der Waals surface area contributed by atoms with E-state index in [4.69, 9.17) is 0 Å². The monoisotopic (exact) mass is 864 g/mol. The third-order valence-electron chi connectivity index (χ3n) is 13.8. The molecule has 0 aliphatic rings. The van der Waals surface area contributed by atoms with E-state index in [1.165, 1.54) is 116 Å². The average molecular weight is 865 g/mol. The molecular formula is C66H44N2. The van der Waals surface area contributed by atoms with Crippen LogP contribution >= 0.6 is 0 Å². The largest absolute Gasteiger partial charge is 0.309 e. The van der Waals surface area contributed by atoms with Gasteiger partial charge in [0.25, 0.3) is 0 Å². The second kappa shape index (κ2) is 16.5. The van der Waals surface area contributed by atoms with Crippen molar-refractivity contribution in [2.75, 3.05) is 0 Å². The Labute approximate surface area is 395 Å². The summed E-state index contributed by atoms with van der Waals surface area (Å²) < 4.78 is 4.75. The zero-order valence-electron chi connectivity index (χ0n) is 37.3. The zero-order chi connectivity index (χ0) is 45.0. The fourth-order valence-corrected chi connectivity index (χ4v) is 10.3. The van der Waals surface area contributed by atoms with Crippen LogP contribution in [0.15, 0.2) is 267 Å². The van der Waals surface area contributed by atoms with Gasteiger partial charge in [0.1, 0.15) is 0 Å². The van der Waals surface area contributed by atoms with E-state index in [1.54, 1.807) is 0 Å². The summed E-state index contributed by atoms with van der Waals surface area (Å²) in [5.74, 6) is 0. The molecule has 0 spiro atoms. The lowest BCUT2D eigenvalue weighted by Gasteiger charge is -2.10. The highest BCUT2D eigenvalue weighted by Gasteiger charge is 2.15. The predicted molar refractivity (Wildman–Crippen MR) is 288 cm³/mol. The van der Waals surface area contributed by atoms with Gasteiger partial charge in [-0.2, -0.15) is 0 Å². The Morgan fingerprint density at radius 1 is 0.162 bits per heavy atom. The lowest BCUT2D eigenvalue weighted by atomic mass is 9.96. The molecule has 0 atom stereocenters. The molecule has 0 bridgehead atoms. The number of aromatic nitrogens is 2. The van der Waals surface area contributed by atoms with Crippen molar-refractivity contribution in [1.29, 1.82) is 0 Å². The van der Waals surface area contributed by atoms with Crippen LogP contribution < -0.4 is 0 Å². The fourth-order valence-electron chi connectivity index (χ4n) is 10.3. The molecule has 0 N–H and O–H groups in total. The van der Waals surface area contributed by atoms with Gasteiger partial charge in [-0.15, -0.1) is 0 Å². The smallest absolute Gasteiger partial charge is 0.0541 e. The summed E-state index contributed by atoms with van der Waals surface area (Å²) in [6.07, 6.45) is 0. The van der Waals surface area contributed by atoms with Crippen LogP contribution in [0.5, 0.6) is 0 Å². The first kappa shape index (κ1) is 39.4. The molecule has 13 rings (SSSR count). The molecule has 2 nitrogen and oxygen atoms in total. The van der Waals surface area contributed by atoms with Crippen LogP contribution in [0, 0.1) is 0 Å². The maximum atomic E-state index is 2.39. The third-order valence-corrected chi connectivity index (χ3v) is 13.8. The summed E-state index contributed by atoms with van der Waals surface area (Å²) in [5, 5.41) is 5.04. The molecule has 2 aromatic heterocycles. The molecule has 0 aliphatic heterocycles. The summed E-state index contributed by atoms with van der Waals surface area (Å²) >= 11 is 0. The van der Waals surface area contributed by atoms with Crippen LogP contribution in [-0.4, -0.2) is 9.13 Å². The minimum atomic E-state index is 1.16. The van der Waals surface area contributed by atoms with Crippen LogP contribution in [0.1, 0.15) is 0 Å². The second-order valence-electron chi connectivity index (χ2n) is 17.7. The van der Waals surface area contributed by atoms with Gasteiger partial charge in [0.15, 0.2) is 0 Å². The highest BCUT2D eigenvalue weighted by Crippen LogP contribution is 2.38. The normalized spacial score (nSPS) is 11.5. The molecule has 13 aromatic rings. The maximum absolute atomic E-state index is 2.39. The molecule has 318 valence electrons. The number of benzene rings is 11. The Bertz CT molecular complexity index is 3930. The van der Waals surface area contributed by atoms with Crippen molar-refractivity contribution in [1.82, 2.24) is 9.13 Å². The quantitative estimate of drug-likeness (QED) is 0.144. The number of para-hydroxylation sites is 3. The second-order valence-corrected chi connectivity index (χ2v) is 17.7. The number of rotatable bonds is 8. The van der Waals surface area contributed by atoms with Gasteiger partial charge in [-0.1, -0.05) is 206 Å². The lowest BCUT2D eigenvalue weighted by molar-refractivity contribution is 1.18. The summed E-state index contributed by atoms with van der Waals surface area (Å²) in [4.78, 5) is 0. The average Bonchev–Trinajstić information content (AvgIpc) is 3.94. The van der Waals surface area contributed by atoms with Crippen LogP contribution in [0.2, 0.25) is 0 Å². The van der Waals surface area contributed by atoms with Crippen LogP contribution in [0.4, 0.5) is 0 Å². The van der Waals surface area contributed by atoms with E-state index in [-0.39, 0.29) is 0 Å². The van der Waals surface area contributed by atoms with E-state index in [9.17, 15) is 0 Å². The van der Waals surface area contributed by atoms with E-state index >= 15 is 0 Å². The van der Waals surface area contributed by atoms with E-state index in [1.807, 2.05) is 0 Å². The van der Waals surface area contributed by atoms with Crippen LogP contribution in [0.3, 0.4) is 0 Å². The highest BCUT2D eigenvalue weighted by atomic mass is 15.0. The lowest BCUT2D eigenvalue weighted by Crippen LogP contribution is -1.93. The first-order valence-electron chi connectivity index (χ1n) is 23.4. The molecule has 0 saturated heterocycles. The van der Waals surface area contributed by atoms with Gasteiger partial charge in [-0.3, -0.25) is 0 Å². The summed E-state index contributed by atoms with van der Waals surface area (Å²) in [6.45, 7) is 0. The first-order valence-corrected chi connectivity index (χ1v) is 23.4. The number of hydrogen-bond donors (Lipinski definition) is 0. The minimum Gasteiger partial charge on any atom is -0.309 e. The first-order chi connectivity index (χ1) is 33.7. The summed E-state index contributed by atoms with van der Waals surface area (Å²) in [5.41, 5.74) is 21.7. The van der Waals surface area contributed by atoms with E-state index in [0.29, 0.717) is 0 Å². The van der Waals surface area contributed by atoms with E-state index < -0.39 is 0 Å².